The number of aliphatic hydroxyl groups is 1. The fraction of sp³-hybridized carbons (Fsp3) is 0.667. The van der Waals surface area contributed by atoms with E-state index in [1.165, 1.54) is 141 Å². The lowest BCUT2D eigenvalue weighted by Crippen LogP contribution is -2.05. The topological polar surface area (TPSA) is 56.5 Å². The highest BCUT2D eigenvalue weighted by Crippen LogP contribution is 2.29. The van der Waals surface area contributed by atoms with Crippen molar-refractivity contribution in [3.63, 3.8) is 0 Å². The van der Waals surface area contributed by atoms with Crippen LogP contribution in [0, 0.1) is 0 Å². The highest BCUT2D eigenvalue weighted by molar-refractivity contribution is 5.69. The highest BCUT2D eigenvalue weighted by Gasteiger charge is 2.12. The van der Waals surface area contributed by atoms with E-state index < -0.39 is 0 Å². The van der Waals surface area contributed by atoms with Crippen molar-refractivity contribution in [1.82, 2.24) is 9.78 Å². The number of ether oxygens (including phenoxy) is 2. The van der Waals surface area contributed by atoms with Gasteiger partial charge in [0.1, 0.15) is 11.5 Å². The molecular formula is C45H72N2O3. The molecule has 0 fully saturated rings. The van der Waals surface area contributed by atoms with Gasteiger partial charge in [0.15, 0.2) is 0 Å². The molecule has 1 heterocycles. The van der Waals surface area contributed by atoms with Gasteiger partial charge in [0.25, 0.3) is 0 Å². The average molecular weight is 689 g/mol. The summed E-state index contributed by atoms with van der Waals surface area (Å²) in [6.07, 6.45) is 32.4. The van der Waals surface area contributed by atoms with E-state index in [0.29, 0.717) is 6.54 Å². The summed E-state index contributed by atoms with van der Waals surface area (Å²) in [5.74, 6) is 1.82. The summed E-state index contributed by atoms with van der Waals surface area (Å²) in [5, 5.41) is 14.6. The molecule has 0 spiro atoms. The Labute approximate surface area is 306 Å². The lowest BCUT2D eigenvalue weighted by molar-refractivity contribution is 0.270. The number of hydrogen-bond donors (Lipinski definition) is 1. The van der Waals surface area contributed by atoms with Crippen LogP contribution in [-0.2, 0) is 6.54 Å². The summed E-state index contributed by atoms with van der Waals surface area (Å²) < 4.78 is 14.0. The molecule has 280 valence electrons. The van der Waals surface area contributed by atoms with Gasteiger partial charge in [0.2, 0.25) is 0 Å². The van der Waals surface area contributed by atoms with Crippen LogP contribution in [0.4, 0.5) is 0 Å². The number of aromatic nitrogens is 2. The first-order valence-corrected chi connectivity index (χ1v) is 20.9. The van der Waals surface area contributed by atoms with Crippen LogP contribution >= 0.6 is 0 Å². The molecule has 0 atom stereocenters. The van der Waals surface area contributed by atoms with Gasteiger partial charge >= 0.3 is 0 Å². The van der Waals surface area contributed by atoms with Crippen molar-refractivity contribution in [3.8, 4) is 34.0 Å². The Morgan fingerprint density at radius 3 is 1.22 bits per heavy atom. The molecule has 0 aliphatic carbocycles. The molecule has 3 aromatic rings. The van der Waals surface area contributed by atoms with Gasteiger partial charge in [-0.25, -0.2) is 0 Å². The summed E-state index contributed by atoms with van der Waals surface area (Å²) >= 11 is 0. The number of hydrogen-bond acceptors (Lipinski definition) is 4. The van der Waals surface area contributed by atoms with E-state index in [1.54, 1.807) is 0 Å². The first kappa shape index (κ1) is 41.6. The van der Waals surface area contributed by atoms with Crippen molar-refractivity contribution in [1.29, 1.82) is 0 Å². The van der Waals surface area contributed by atoms with Crippen LogP contribution in [0.15, 0.2) is 54.6 Å². The third kappa shape index (κ3) is 17.9. The van der Waals surface area contributed by atoms with Gasteiger partial charge in [-0.2, -0.15) is 5.10 Å². The monoisotopic (exact) mass is 689 g/mol. The summed E-state index contributed by atoms with van der Waals surface area (Å²) in [5.41, 5.74) is 4.00. The number of nitrogens with zero attached hydrogens (tertiary/aromatic N) is 2. The Hall–Kier alpha value is -2.79. The zero-order valence-corrected chi connectivity index (χ0v) is 32.2. The van der Waals surface area contributed by atoms with Gasteiger partial charge in [-0.15, -0.1) is 0 Å². The summed E-state index contributed by atoms with van der Waals surface area (Å²) in [6, 6.07) is 18.7. The van der Waals surface area contributed by atoms with Gasteiger partial charge in [0, 0.05) is 11.1 Å². The van der Waals surface area contributed by atoms with E-state index in [9.17, 15) is 5.11 Å². The predicted octanol–water partition coefficient (Wildman–Crippen LogP) is 13.4. The summed E-state index contributed by atoms with van der Waals surface area (Å²) in [6.45, 7) is 6.59. The molecule has 0 amide bonds. The molecule has 5 nitrogen and oxygen atoms in total. The second-order valence-electron chi connectivity index (χ2n) is 14.4. The van der Waals surface area contributed by atoms with E-state index >= 15 is 0 Å². The standard InChI is InChI=1S/C45H72N2O3/c1-3-5-7-9-11-13-15-17-19-21-23-25-37-49-42-31-27-40(28-32-42)44-39-45(47(46-44)35-36-48)41-29-33-43(34-30-41)50-38-26-24-22-20-18-16-14-12-10-8-6-4-2/h27-34,39,48H,3-26,35-38H2,1-2H3. The number of benzene rings is 2. The number of unbranched alkanes of at least 4 members (excludes halogenated alkanes) is 22. The van der Waals surface area contributed by atoms with E-state index in [-0.39, 0.29) is 6.61 Å². The minimum atomic E-state index is 0.0419. The maximum Gasteiger partial charge on any atom is 0.119 e. The van der Waals surface area contributed by atoms with E-state index in [1.807, 2.05) is 16.8 Å². The molecule has 2 aromatic carbocycles. The minimum absolute atomic E-state index is 0.0419. The maximum atomic E-state index is 9.72. The molecule has 50 heavy (non-hydrogen) atoms. The molecule has 0 bridgehead atoms. The molecule has 0 unspecified atom stereocenters. The van der Waals surface area contributed by atoms with Crippen molar-refractivity contribution in [2.75, 3.05) is 19.8 Å². The maximum absolute atomic E-state index is 9.72. The van der Waals surface area contributed by atoms with Crippen LogP contribution in [0.2, 0.25) is 0 Å². The van der Waals surface area contributed by atoms with Crippen LogP contribution in [-0.4, -0.2) is 34.7 Å². The first-order valence-electron chi connectivity index (χ1n) is 20.9. The van der Waals surface area contributed by atoms with Gasteiger partial charge in [0.05, 0.1) is 37.8 Å². The van der Waals surface area contributed by atoms with Crippen LogP contribution < -0.4 is 9.47 Å². The lowest BCUT2D eigenvalue weighted by atomic mass is 10.1. The van der Waals surface area contributed by atoms with E-state index in [2.05, 4.69) is 56.3 Å². The Kier molecular flexibility index (Phi) is 23.2. The molecule has 0 aliphatic rings. The minimum Gasteiger partial charge on any atom is -0.494 e. The molecule has 0 saturated heterocycles. The third-order valence-corrected chi connectivity index (χ3v) is 9.93. The molecule has 0 saturated carbocycles. The fourth-order valence-electron chi connectivity index (χ4n) is 6.77. The molecule has 1 N–H and O–H groups in total. The third-order valence-electron chi connectivity index (χ3n) is 9.93. The quantitative estimate of drug-likeness (QED) is 0.0663. The van der Waals surface area contributed by atoms with E-state index in [0.717, 1.165) is 60.1 Å². The van der Waals surface area contributed by atoms with Gasteiger partial charge in [-0.1, -0.05) is 155 Å². The molecular weight excluding hydrogens is 617 g/mol. The largest absolute Gasteiger partial charge is 0.494 e. The van der Waals surface area contributed by atoms with Gasteiger partial charge in [-0.3, -0.25) is 4.68 Å². The van der Waals surface area contributed by atoms with Crippen molar-refractivity contribution >= 4 is 0 Å². The van der Waals surface area contributed by atoms with Crippen molar-refractivity contribution in [3.05, 3.63) is 54.6 Å². The molecule has 0 radical (unpaired) electrons. The van der Waals surface area contributed by atoms with Crippen LogP contribution in [0.1, 0.15) is 168 Å². The molecule has 3 rings (SSSR count). The second kappa shape index (κ2) is 27.9. The average Bonchev–Trinajstić information content (AvgIpc) is 3.56. The highest BCUT2D eigenvalue weighted by atomic mass is 16.5. The van der Waals surface area contributed by atoms with Crippen LogP contribution in [0.25, 0.3) is 22.5 Å². The fourth-order valence-corrected chi connectivity index (χ4v) is 6.77. The van der Waals surface area contributed by atoms with Gasteiger partial charge in [-0.05, 0) is 67.4 Å². The Morgan fingerprint density at radius 1 is 0.480 bits per heavy atom. The predicted molar refractivity (Wildman–Crippen MR) is 213 cm³/mol. The second-order valence-corrected chi connectivity index (χ2v) is 14.4. The van der Waals surface area contributed by atoms with E-state index in [4.69, 9.17) is 14.6 Å². The molecule has 0 aliphatic heterocycles. The zero-order chi connectivity index (χ0) is 35.3. The number of rotatable bonds is 32. The SMILES string of the molecule is CCCCCCCCCCCCCCOc1ccc(-c2cc(-c3ccc(OCCCCCCCCCCCCCC)cc3)n(CCO)n2)cc1. The van der Waals surface area contributed by atoms with Gasteiger partial charge < -0.3 is 14.6 Å². The lowest BCUT2D eigenvalue weighted by Gasteiger charge is -2.09. The van der Waals surface area contributed by atoms with Crippen molar-refractivity contribution in [2.24, 2.45) is 0 Å². The van der Waals surface area contributed by atoms with Crippen molar-refractivity contribution < 1.29 is 14.6 Å². The number of aliphatic hydroxyl groups excluding tert-OH is 1. The molecule has 5 heteroatoms. The van der Waals surface area contributed by atoms with Crippen LogP contribution in [0.5, 0.6) is 11.5 Å². The normalized spacial score (nSPS) is 11.3. The van der Waals surface area contributed by atoms with Crippen LogP contribution in [0.3, 0.4) is 0 Å². The Morgan fingerprint density at radius 2 is 0.840 bits per heavy atom. The first-order chi connectivity index (χ1) is 24.7. The van der Waals surface area contributed by atoms with Crippen molar-refractivity contribution in [2.45, 2.75) is 174 Å². The Balaban J connectivity index is 1.32. The smallest absolute Gasteiger partial charge is 0.119 e. The summed E-state index contributed by atoms with van der Waals surface area (Å²) in [7, 11) is 0. The summed E-state index contributed by atoms with van der Waals surface area (Å²) in [4.78, 5) is 0. The Bertz CT molecular complexity index is 1200. The molecule has 1 aromatic heterocycles. The zero-order valence-electron chi connectivity index (χ0n) is 32.2.